The summed E-state index contributed by atoms with van der Waals surface area (Å²) in [4.78, 5) is 15.4. The fourth-order valence-electron chi connectivity index (χ4n) is 6.91. The van der Waals surface area contributed by atoms with Crippen molar-refractivity contribution in [2.75, 3.05) is 20.2 Å². The van der Waals surface area contributed by atoms with Crippen LogP contribution in [0.2, 0.25) is 18.1 Å². The number of aliphatic hydroxyl groups is 1. The zero-order valence-corrected chi connectivity index (χ0v) is 22.9. The molecule has 1 aromatic carbocycles. The average Bonchev–Trinajstić information content (AvgIpc) is 3.53. The third kappa shape index (κ3) is 3.10. The van der Waals surface area contributed by atoms with Gasteiger partial charge < -0.3 is 19.0 Å². The highest BCUT2D eigenvalue weighted by Gasteiger charge is 2.72. The first-order chi connectivity index (χ1) is 16.4. The molecule has 0 radical (unpaired) electrons. The number of methoxy groups -OCH3 is 1. The molecule has 1 saturated carbocycles. The van der Waals surface area contributed by atoms with Gasteiger partial charge in [-0.15, -0.1) is 0 Å². The Balaban J connectivity index is 1.52. The molecule has 4 atom stereocenters. The summed E-state index contributed by atoms with van der Waals surface area (Å²) in [6.07, 6.45) is 5.90. The van der Waals surface area contributed by atoms with Gasteiger partial charge in [0.2, 0.25) is 0 Å². The Hall–Kier alpha value is -1.83. The van der Waals surface area contributed by atoms with E-state index in [1.165, 1.54) is 25.5 Å². The molecular weight excluding hydrogens is 458 g/mol. The molecule has 2 aliphatic heterocycles. The molecule has 0 aromatic heterocycles. The molecule has 1 saturated heterocycles. The van der Waals surface area contributed by atoms with Crippen molar-refractivity contribution in [3.63, 3.8) is 0 Å². The summed E-state index contributed by atoms with van der Waals surface area (Å²) >= 11 is 0. The van der Waals surface area contributed by atoms with Crippen molar-refractivity contribution in [3.8, 4) is 11.5 Å². The van der Waals surface area contributed by atoms with E-state index >= 15 is 0 Å². The number of hydrogen-bond donors (Lipinski definition) is 1. The summed E-state index contributed by atoms with van der Waals surface area (Å²) in [5.74, 6) is 1.88. The molecular formula is C28H39NO5Si. The Morgan fingerprint density at radius 1 is 1.29 bits per heavy atom. The van der Waals surface area contributed by atoms with E-state index in [1.54, 1.807) is 0 Å². The number of benzene rings is 1. The van der Waals surface area contributed by atoms with Gasteiger partial charge in [0.25, 0.3) is 8.32 Å². The average molecular weight is 498 g/mol. The van der Waals surface area contributed by atoms with Crippen LogP contribution >= 0.6 is 0 Å². The van der Waals surface area contributed by atoms with Crippen molar-refractivity contribution in [2.24, 2.45) is 5.92 Å². The number of likely N-dealkylation sites (tertiary alicyclic amines) is 1. The van der Waals surface area contributed by atoms with E-state index < -0.39 is 25.4 Å². The Morgan fingerprint density at radius 3 is 2.69 bits per heavy atom. The number of nitrogens with zero attached hydrogens (tertiary/aromatic N) is 1. The normalized spacial score (nSPS) is 33.5. The molecule has 190 valence electrons. The number of hydrogen-bond acceptors (Lipinski definition) is 6. The maximum atomic E-state index is 12.9. The minimum Gasteiger partial charge on any atom is -0.541 e. The van der Waals surface area contributed by atoms with Crippen molar-refractivity contribution < 1.29 is 23.8 Å². The fourth-order valence-corrected chi connectivity index (χ4v) is 7.93. The summed E-state index contributed by atoms with van der Waals surface area (Å²) in [7, 11) is -0.712. The van der Waals surface area contributed by atoms with Gasteiger partial charge in [0.15, 0.2) is 5.75 Å². The summed E-state index contributed by atoms with van der Waals surface area (Å²) in [5.41, 5.74) is 1.19. The predicted octanol–water partition coefficient (Wildman–Crippen LogP) is 4.34. The van der Waals surface area contributed by atoms with Crippen molar-refractivity contribution in [1.82, 2.24) is 4.90 Å². The number of carbonyl (C=O) groups is 1. The van der Waals surface area contributed by atoms with E-state index in [-0.39, 0.29) is 17.0 Å². The minimum atomic E-state index is -2.13. The lowest BCUT2D eigenvalue weighted by molar-refractivity contribution is -0.167. The molecule has 2 bridgehead atoms. The largest absolute Gasteiger partial charge is 0.541 e. The van der Waals surface area contributed by atoms with Crippen molar-refractivity contribution in [1.29, 1.82) is 0 Å². The molecule has 3 aliphatic carbocycles. The SMILES string of the molecule is COC(=O)C1=CC[C@@]2(O)[C@H]3Cc4ccc(O[Si](C)(C)C(C)(C)C)c5c4[C@@]2(CCN3CC2CC2)C1O5. The summed E-state index contributed by atoms with van der Waals surface area (Å²) in [6.45, 7) is 13.1. The third-order valence-corrected chi connectivity index (χ3v) is 14.3. The molecule has 6 rings (SSSR count). The first-order valence-electron chi connectivity index (χ1n) is 13.2. The van der Waals surface area contributed by atoms with Gasteiger partial charge >= 0.3 is 5.97 Å². The number of piperidine rings is 1. The van der Waals surface area contributed by atoms with Crippen LogP contribution in [0.5, 0.6) is 11.5 Å². The van der Waals surface area contributed by atoms with E-state index in [1.807, 2.05) is 6.08 Å². The second-order valence-electron chi connectivity index (χ2n) is 12.9. The lowest BCUT2D eigenvalue weighted by Crippen LogP contribution is -2.75. The maximum absolute atomic E-state index is 12.9. The molecule has 1 unspecified atom stereocenters. The van der Waals surface area contributed by atoms with E-state index in [4.69, 9.17) is 13.9 Å². The Kier molecular flexibility index (Phi) is 4.95. The fraction of sp³-hybridized carbons (Fsp3) is 0.679. The third-order valence-electron chi connectivity index (χ3n) is 10.0. The van der Waals surface area contributed by atoms with E-state index in [9.17, 15) is 9.90 Å². The molecule has 6 nitrogen and oxygen atoms in total. The van der Waals surface area contributed by atoms with E-state index in [0.29, 0.717) is 12.0 Å². The van der Waals surface area contributed by atoms with E-state index in [0.717, 1.165) is 48.9 Å². The smallest absolute Gasteiger partial charge is 0.337 e. The van der Waals surface area contributed by atoms with Crippen LogP contribution in [-0.4, -0.2) is 62.2 Å². The highest BCUT2D eigenvalue weighted by Crippen LogP contribution is 2.66. The molecule has 1 aromatic rings. The van der Waals surface area contributed by atoms with Gasteiger partial charge in [0.1, 0.15) is 11.9 Å². The lowest BCUT2D eigenvalue weighted by Gasteiger charge is -2.62. The minimum absolute atomic E-state index is 0.0176. The van der Waals surface area contributed by atoms with Crippen LogP contribution in [-0.2, 0) is 21.4 Å². The number of carbonyl (C=O) groups excluding carboxylic acids is 1. The quantitative estimate of drug-likeness (QED) is 0.482. The van der Waals surface area contributed by atoms with Gasteiger partial charge in [0, 0.05) is 18.2 Å². The van der Waals surface area contributed by atoms with Crippen LogP contribution in [0.4, 0.5) is 0 Å². The topological polar surface area (TPSA) is 68.2 Å². The standard InChI is InChI=1S/C28H39NO5Si/c1-26(2,3)35(5,6)34-20-10-9-18-15-21-28(31)12-11-19(25(30)32-4)24-27(28,22(18)23(20)33-24)13-14-29(21)16-17-7-8-17/h9-11,17,21,24,31H,7-8,12-16H2,1-6H3/t21-,24?,27+,28-/m1/s1. The number of rotatable bonds is 5. The first kappa shape index (κ1) is 23.6. The van der Waals surface area contributed by atoms with Crippen LogP contribution < -0.4 is 9.16 Å². The summed E-state index contributed by atoms with van der Waals surface area (Å²) in [6, 6.07) is 4.28. The zero-order valence-electron chi connectivity index (χ0n) is 21.9. The number of esters is 1. The van der Waals surface area contributed by atoms with Crippen LogP contribution in [0.1, 0.15) is 57.6 Å². The summed E-state index contributed by atoms with van der Waals surface area (Å²) in [5, 5.41) is 12.6. The van der Waals surface area contributed by atoms with Gasteiger partial charge in [-0.3, -0.25) is 4.90 Å². The molecule has 5 aliphatic rings. The summed E-state index contributed by atoms with van der Waals surface area (Å²) < 4.78 is 18.7. The lowest BCUT2D eigenvalue weighted by atomic mass is 9.49. The molecule has 35 heavy (non-hydrogen) atoms. The van der Waals surface area contributed by atoms with Crippen molar-refractivity contribution in [2.45, 2.75) is 94.2 Å². The maximum Gasteiger partial charge on any atom is 0.337 e. The second-order valence-corrected chi connectivity index (χ2v) is 17.7. The Labute approximate surface area is 209 Å². The molecule has 2 fully saturated rings. The highest BCUT2D eigenvalue weighted by molar-refractivity contribution is 6.74. The second kappa shape index (κ2) is 7.36. The van der Waals surface area contributed by atoms with Crippen molar-refractivity contribution >= 4 is 14.3 Å². The van der Waals surface area contributed by atoms with Gasteiger partial charge in [0.05, 0.1) is 23.7 Å². The molecule has 1 spiro atoms. The molecule has 2 heterocycles. The molecule has 1 N–H and O–H groups in total. The molecule has 7 heteroatoms. The van der Waals surface area contributed by atoms with Crippen LogP contribution in [0.25, 0.3) is 0 Å². The molecule has 0 amide bonds. The van der Waals surface area contributed by atoms with Crippen LogP contribution in [0.15, 0.2) is 23.8 Å². The van der Waals surface area contributed by atoms with Gasteiger partial charge in [-0.25, -0.2) is 4.79 Å². The highest BCUT2D eigenvalue weighted by atomic mass is 28.4. The van der Waals surface area contributed by atoms with Crippen LogP contribution in [0, 0.1) is 5.92 Å². The zero-order chi connectivity index (χ0) is 25.0. The monoisotopic (exact) mass is 497 g/mol. The first-order valence-corrected chi connectivity index (χ1v) is 16.1. The van der Waals surface area contributed by atoms with Gasteiger partial charge in [-0.05, 0) is 74.3 Å². The number of ether oxygens (including phenoxy) is 2. The van der Waals surface area contributed by atoms with Crippen LogP contribution in [0.3, 0.4) is 0 Å². The predicted molar refractivity (Wildman–Crippen MR) is 136 cm³/mol. The Bertz CT molecular complexity index is 1120. The van der Waals surface area contributed by atoms with Gasteiger partial charge in [-0.2, -0.15) is 0 Å². The van der Waals surface area contributed by atoms with E-state index in [2.05, 4.69) is 50.9 Å². The van der Waals surface area contributed by atoms with Gasteiger partial charge in [-0.1, -0.05) is 32.9 Å². The Morgan fingerprint density at radius 2 is 2.03 bits per heavy atom. The van der Waals surface area contributed by atoms with Crippen molar-refractivity contribution in [3.05, 3.63) is 34.9 Å².